The Morgan fingerprint density at radius 2 is 1.89 bits per heavy atom. The number of piperazine rings is 1. The Labute approximate surface area is 223 Å². The van der Waals surface area contributed by atoms with E-state index in [4.69, 9.17) is 11.6 Å². The molecule has 194 valence electrons. The number of aryl methyl sites for hydroxylation is 1. The second kappa shape index (κ2) is 11.5. The van der Waals surface area contributed by atoms with Crippen molar-refractivity contribution in [1.29, 1.82) is 0 Å². The van der Waals surface area contributed by atoms with Crippen molar-refractivity contribution in [2.75, 3.05) is 56.0 Å². The molecular weight excluding hydrogens is 486 g/mol. The standard InChI is InChI=1S/C28H34ClN7O/c1-3-34-13-9-20(10-14-34)5-6-21-17-22-19-31-28(33-26(22)36(4-2)27(21)37)32-23-7-8-25(24(29)18-23)35-15-11-30-12-16-35/h7-8,17-20,30H,3-4,9-16H2,1-2H3,(H,31,32,33). The predicted molar refractivity (Wildman–Crippen MR) is 151 cm³/mol. The summed E-state index contributed by atoms with van der Waals surface area (Å²) in [5.41, 5.74) is 2.81. The summed E-state index contributed by atoms with van der Waals surface area (Å²) in [6.07, 6.45) is 3.85. The van der Waals surface area contributed by atoms with Gasteiger partial charge in [0.05, 0.1) is 16.3 Å². The first-order chi connectivity index (χ1) is 18.1. The maximum absolute atomic E-state index is 13.2. The number of halogens is 1. The first kappa shape index (κ1) is 25.5. The summed E-state index contributed by atoms with van der Waals surface area (Å²) in [4.78, 5) is 27.1. The zero-order chi connectivity index (χ0) is 25.8. The number of aromatic nitrogens is 3. The number of nitrogens with one attached hydrogen (secondary N) is 2. The second-order valence-electron chi connectivity index (χ2n) is 9.59. The van der Waals surface area contributed by atoms with Gasteiger partial charge < -0.3 is 20.4 Å². The number of pyridine rings is 1. The minimum atomic E-state index is -0.110. The maximum atomic E-state index is 13.2. The molecule has 1 aromatic carbocycles. The fourth-order valence-corrected chi connectivity index (χ4v) is 5.35. The molecule has 2 aliphatic heterocycles. The monoisotopic (exact) mass is 519 g/mol. The van der Waals surface area contributed by atoms with E-state index in [1.165, 1.54) is 0 Å². The van der Waals surface area contributed by atoms with E-state index < -0.39 is 0 Å². The number of hydrogen-bond donors (Lipinski definition) is 2. The Bertz CT molecular complexity index is 1380. The highest BCUT2D eigenvalue weighted by Crippen LogP contribution is 2.30. The van der Waals surface area contributed by atoms with Crippen molar-refractivity contribution in [1.82, 2.24) is 24.8 Å². The van der Waals surface area contributed by atoms with Gasteiger partial charge in [0.15, 0.2) is 0 Å². The number of nitrogens with zero attached hydrogens (tertiary/aromatic N) is 5. The predicted octanol–water partition coefficient (Wildman–Crippen LogP) is 3.70. The lowest BCUT2D eigenvalue weighted by atomic mass is 9.97. The fourth-order valence-electron chi connectivity index (χ4n) is 5.05. The third kappa shape index (κ3) is 5.74. The molecule has 3 aromatic rings. The topological polar surface area (TPSA) is 78.3 Å². The van der Waals surface area contributed by atoms with Crippen molar-refractivity contribution in [3.63, 3.8) is 0 Å². The highest BCUT2D eigenvalue weighted by molar-refractivity contribution is 6.33. The smallest absolute Gasteiger partial charge is 0.267 e. The van der Waals surface area contributed by atoms with Crippen LogP contribution in [0.15, 0.2) is 35.3 Å². The number of piperidine rings is 1. The lowest BCUT2D eigenvalue weighted by molar-refractivity contribution is 0.216. The van der Waals surface area contributed by atoms with E-state index in [-0.39, 0.29) is 5.56 Å². The largest absolute Gasteiger partial charge is 0.368 e. The van der Waals surface area contributed by atoms with Crippen molar-refractivity contribution >= 4 is 40.0 Å². The summed E-state index contributed by atoms with van der Waals surface area (Å²) in [5, 5.41) is 8.08. The van der Waals surface area contributed by atoms with E-state index in [0.717, 1.165) is 75.4 Å². The molecule has 4 heterocycles. The maximum Gasteiger partial charge on any atom is 0.267 e. The van der Waals surface area contributed by atoms with Gasteiger partial charge in [-0.15, -0.1) is 0 Å². The van der Waals surface area contributed by atoms with Gasteiger partial charge in [-0.25, -0.2) is 4.98 Å². The minimum absolute atomic E-state index is 0.110. The van der Waals surface area contributed by atoms with Crippen LogP contribution in [0.4, 0.5) is 17.3 Å². The van der Waals surface area contributed by atoms with Crippen LogP contribution in [0.25, 0.3) is 11.0 Å². The summed E-state index contributed by atoms with van der Waals surface area (Å²) >= 11 is 6.61. The molecule has 9 heteroatoms. The Balaban J connectivity index is 1.37. The third-order valence-corrected chi connectivity index (χ3v) is 7.55. The van der Waals surface area contributed by atoms with Crippen LogP contribution in [0, 0.1) is 17.8 Å². The third-order valence-electron chi connectivity index (χ3n) is 7.25. The van der Waals surface area contributed by atoms with Gasteiger partial charge in [-0.3, -0.25) is 9.36 Å². The van der Waals surface area contributed by atoms with Crippen molar-refractivity contribution in [2.24, 2.45) is 5.92 Å². The fraction of sp³-hybridized carbons (Fsp3) is 0.464. The zero-order valence-electron chi connectivity index (χ0n) is 21.6. The number of hydrogen-bond acceptors (Lipinski definition) is 7. The molecule has 0 amide bonds. The van der Waals surface area contributed by atoms with Gasteiger partial charge in [0.2, 0.25) is 5.95 Å². The Hall–Kier alpha value is -3.12. The van der Waals surface area contributed by atoms with Crippen molar-refractivity contribution in [3.05, 3.63) is 51.4 Å². The molecular formula is C28H34ClN7O. The molecule has 0 radical (unpaired) electrons. The molecule has 0 saturated carbocycles. The molecule has 0 spiro atoms. The van der Waals surface area contributed by atoms with Gasteiger partial charge in [0.25, 0.3) is 5.56 Å². The van der Waals surface area contributed by atoms with E-state index in [1.54, 1.807) is 10.8 Å². The summed E-state index contributed by atoms with van der Waals surface area (Å²) in [7, 11) is 0. The van der Waals surface area contributed by atoms with Crippen molar-refractivity contribution in [2.45, 2.75) is 33.2 Å². The van der Waals surface area contributed by atoms with E-state index in [0.29, 0.717) is 34.6 Å². The molecule has 2 aliphatic rings. The van der Waals surface area contributed by atoms with Crippen LogP contribution in [0.1, 0.15) is 32.3 Å². The molecule has 8 nitrogen and oxygen atoms in total. The molecule has 5 rings (SSSR count). The molecule has 2 aromatic heterocycles. The Morgan fingerprint density at radius 3 is 2.59 bits per heavy atom. The molecule has 0 atom stereocenters. The first-order valence-electron chi connectivity index (χ1n) is 13.2. The van der Waals surface area contributed by atoms with E-state index in [2.05, 4.69) is 49.2 Å². The van der Waals surface area contributed by atoms with Crippen LogP contribution in [0.5, 0.6) is 0 Å². The van der Waals surface area contributed by atoms with Gasteiger partial charge in [-0.1, -0.05) is 30.4 Å². The minimum Gasteiger partial charge on any atom is -0.368 e. The van der Waals surface area contributed by atoms with Crippen LogP contribution < -0.4 is 21.1 Å². The molecule has 2 fully saturated rings. The molecule has 2 N–H and O–H groups in total. The number of anilines is 3. The zero-order valence-corrected chi connectivity index (χ0v) is 22.3. The Morgan fingerprint density at radius 1 is 1.11 bits per heavy atom. The summed E-state index contributed by atoms with van der Waals surface area (Å²) in [6, 6.07) is 7.72. The van der Waals surface area contributed by atoms with Gasteiger partial charge in [-0.05, 0) is 63.7 Å². The van der Waals surface area contributed by atoms with Crippen LogP contribution in [0.3, 0.4) is 0 Å². The first-order valence-corrected chi connectivity index (χ1v) is 13.6. The summed E-state index contributed by atoms with van der Waals surface area (Å²) < 4.78 is 1.67. The van der Waals surface area contributed by atoms with E-state index in [1.807, 2.05) is 31.2 Å². The molecule has 37 heavy (non-hydrogen) atoms. The highest BCUT2D eigenvalue weighted by Gasteiger charge is 2.17. The van der Waals surface area contributed by atoms with Gasteiger partial charge in [0.1, 0.15) is 5.65 Å². The summed E-state index contributed by atoms with van der Waals surface area (Å²) in [6.45, 7) is 11.6. The van der Waals surface area contributed by atoms with Crippen LogP contribution in [-0.4, -0.2) is 65.2 Å². The quantitative estimate of drug-likeness (QED) is 0.498. The van der Waals surface area contributed by atoms with Crippen LogP contribution >= 0.6 is 11.6 Å². The molecule has 0 unspecified atom stereocenters. The van der Waals surface area contributed by atoms with Crippen molar-refractivity contribution < 1.29 is 0 Å². The van der Waals surface area contributed by atoms with Gasteiger partial charge in [0, 0.05) is 55.9 Å². The van der Waals surface area contributed by atoms with Gasteiger partial charge in [-0.2, -0.15) is 4.98 Å². The van der Waals surface area contributed by atoms with E-state index in [9.17, 15) is 4.79 Å². The van der Waals surface area contributed by atoms with Crippen LogP contribution in [0.2, 0.25) is 5.02 Å². The van der Waals surface area contributed by atoms with Crippen molar-refractivity contribution in [3.8, 4) is 11.8 Å². The number of likely N-dealkylation sites (tertiary alicyclic amines) is 1. The highest BCUT2D eigenvalue weighted by atomic mass is 35.5. The lowest BCUT2D eigenvalue weighted by Crippen LogP contribution is -2.43. The number of benzene rings is 1. The van der Waals surface area contributed by atoms with Crippen LogP contribution in [-0.2, 0) is 6.54 Å². The normalized spacial score (nSPS) is 17.0. The average molecular weight is 520 g/mol. The SMILES string of the molecule is CCN1CCC(C#Cc2cc3cnc(Nc4ccc(N5CCNCC5)c(Cl)c4)nc3n(CC)c2=O)CC1. The number of fused-ring (bicyclic) bond motifs is 1. The molecule has 0 aliphatic carbocycles. The second-order valence-corrected chi connectivity index (χ2v) is 9.99. The van der Waals surface area contributed by atoms with E-state index >= 15 is 0 Å². The molecule has 0 bridgehead atoms. The summed E-state index contributed by atoms with van der Waals surface area (Å²) in [5.74, 6) is 7.29. The lowest BCUT2D eigenvalue weighted by Gasteiger charge is -2.30. The average Bonchev–Trinajstić information content (AvgIpc) is 2.93. The molecule has 2 saturated heterocycles. The van der Waals surface area contributed by atoms with Gasteiger partial charge >= 0.3 is 0 Å². The Kier molecular flexibility index (Phi) is 7.94. The number of rotatable bonds is 5.